The fourth-order valence-electron chi connectivity index (χ4n) is 3.53. The topological polar surface area (TPSA) is 50.8 Å². The Hall–Kier alpha value is -1.75. The predicted octanol–water partition coefficient (Wildman–Crippen LogP) is 3.61. The van der Waals surface area contributed by atoms with E-state index in [4.69, 9.17) is 9.47 Å². The second-order valence-corrected chi connectivity index (χ2v) is 7.03. The summed E-state index contributed by atoms with van der Waals surface area (Å²) in [5.74, 6) is 2.28. The molecule has 0 spiro atoms. The van der Waals surface area contributed by atoms with Gasteiger partial charge in [-0.15, -0.1) is 0 Å². The Labute approximate surface area is 158 Å². The number of carbonyl (C=O) groups is 1. The van der Waals surface area contributed by atoms with Gasteiger partial charge in [0.15, 0.2) is 11.5 Å². The minimum atomic E-state index is 0.121. The number of rotatable bonds is 10. The SMILES string of the molecule is CCOc1ccc(CN(CC)CC(=O)NCC2CCCCC2)cc1OC. The molecule has 0 bridgehead atoms. The van der Waals surface area contributed by atoms with Crippen molar-refractivity contribution >= 4 is 5.91 Å². The number of ether oxygens (including phenoxy) is 2. The Kier molecular flexibility index (Phi) is 8.75. The largest absolute Gasteiger partial charge is 0.493 e. The lowest BCUT2D eigenvalue weighted by Gasteiger charge is -2.24. The van der Waals surface area contributed by atoms with Gasteiger partial charge >= 0.3 is 0 Å². The molecule has 0 atom stereocenters. The highest BCUT2D eigenvalue weighted by Gasteiger charge is 2.16. The first-order chi connectivity index (χ1) is 12.7. The summed E-state index contributed by atoms with van der Waals surface area (Å²) in [4.78, 5) is 14.5. The predicted molar refractivity (Wildman–Crippen MR) is 105 cm³/mol. The van der Waals surface area contributed by atoms with E-state index in [-0.39, 0.29) is 5.91 Å². The summed E-state index contributed by atoms with van der Waals surface area (Å²) >= 11 is 0. The molecule has 1 N–H and O–H groups in total. The number of hydrogen-bond donors (Lipinski definition) is 1. The highest BCUT2D eigenvalue weighted by atomic mass is 16.5. The van der Waals surface area contributed by atoms with Crippen LogP contribution in [0.25, 0.3) is 0 Å². The zero-order valence-electron chi connectivity index (χ0n) is 16.6. The number of methoxy groups -OCH3 is 1. The molecule has 5 nitrogen and oxygen atoms in total. The molecule has 5 heteroatoms. The number of carbonyl (C=O) groups excluding carboxylic acids is 1. The second kappa shape index (κ2) is 11.1. The zero-order chi connectivity index (χ0) is 18.8. The molecule has 2 rings (SSSR count). The molecule has 1 amide bonds. The van der Waals surface area contributed by atoms with E-state index in [0.717, 1.165) is 36.7 Å². The summed E-state index contributed by atoms with van der Waals surface area (Å²) in [6.07, 6.45) is 6.47. The third kappa shape index (κ3) is 6.52. The van der Waals surface area contributed by atoms with Crippen molar-refractivity contribution in [3.05, 3.63) is 23.8 Å². The van der Waals surface area contributed by atoms with Crippen molar-refractivity contribution in [1.29, 1.82) is 0 Å². The highest BCUT2D eigenvalue weighted by molar-refractivity contribution is 5.78. The molecule has 0 radical (unpaired) electrons. The molecule has 1 aliphatic rings. The second-order valence-electron chi connectivity index (χ2n) is 7.03. The molecule has 1 saturated carbocycles. The maximum absolute atomic E-state index is 12.3. The first-order valence-electron chi connectivity index (χ1n) is 9.95. The average Bonchev–Trinajstić information content (AvgIpc) is 2.68. The third-order valence-corrected chi connectivity index (χ3v) is 5.06. The molecule has 1 aromatic rings. The van der Waals surface area contributed by atoms with Crippen LogP contribution < -0.4 is 14.8 Å². The molecule has 0 unspecified atom stereocenters. The Bertz CT molecular complexity index is 556. The number of amides is 1. The van der Waals surface area contributed by atoms with Crippen molar-refractivity contribution in [2.45, 2.75) is 52.5 Å². The number of nitrogens with one attached hydrogen (secondary N) is 1. The van der Waals surface area contributed by atoms with Crippen molar-refractivity contribution in [3.8, 4) is 11.5 Å². The van der Waals surface area contributed by atoms with Crippen molar-refractivity contribution in [2.24, 2.45) is 5.92 Å². The summed E-state index contributed by atoms with van der Waals surface area (Å²) in [5.41, 5.74) is 1.12. The van der Waals surface area contributed by atoms with Crippen molar-refractivity contribution in [3.63, 3.8) is 0 Å². The van der Waals surface area contributed by atoms with Gasteiger partial charge in [-0.05, 0) is 49.9 Å². The first kappa shape index (κ1) is 20.6. The first-order valence-corrected chi connectivity index (χ1v) is 9.95. The van der Waals surface area contributed by atoms with Crippen LogP contribution in [0.2, 0.25) is 0 Å². The van der Waals surface area contributed by atoms with Crippen LogP contribution in [0.5, 0.6) is 11.5 Å². The zero-order valence-corrected chi connectivity index (χ0v) is 16.6. The van der Waals surface area contributed by atoms with Crippen LogP contribution >= 0.6 is 0 Å². The molecule has 0 aliphatic heterocycles. The molecule has 0 aromatic heterocycles. The van der Waals surface area contributed by atoms with E-state index in [0.29, 0.717) is 19.1 Å². The Morgan fingerprint density at radius 2 is 1.96 bits per heavy atom. The highest BCUT2D eigenvalue weighted by Crippen LogP contribution is 2.28. The van der Waals surface area contributed by atoms with Crippen molar-refractivity contribution < 1.29 is 14.3 Å². The van der Waals surface area contributed by atoms with E-state index in [1.165, 1.54) is 32.1 Å². The van der Waals surface area contributed by atoms with Gasteiger partial charge in [0.05, 0.1) is 20.3 Å². The van der Waals surface area contributed by atoms with Crippen LogP contribution in [-0.2, 0) is 11.3 Å². The fraction of sp³-hybridized carbons (Fsp3) is 0.667. The van der Waals surface area contributed by atoms with Crippen LogP contribution in [0, 0.1) is 5.92 Å². The minimum absolute atomic E-state index is 0.121. The minimum Gasteiger partial charge on any atom is -0.493 e. The van der Waals surface area contributed by atoms with Crippen LogP contribution in [-0.4, -0.2) is 44.2 Å². The van der Waals surface area contributed by atoms with Gasteiger partial charge in [0.1, 0.15) is 0 Å². The summed E-state index contributed by atoms with van der Waals surface area (Å²) in [6, 6.07) is 5.97. The monoisotopic (exact) mass is 362 g/mol. The van der Waals surface area contributed by atoms with Gasteiger partial charge in [0.2, 0.25) is 5.91 Å². The van der Waals surface area contributed by atoms with Crippen molar-refractivity contribution in [1.82, 2.24) is 10.2 Å². The normalized spacial score (nSPS) is 15.1. The molecule has 1 aliphatic carbocycles. The van der Waals surface area contributed by atoms with Crippen molar-refractivity contribution in [2.75, 3.05) is 33.4 Å². The summed E-state index contributed by atoms with van der Waals surface area (Å²) in [5, 5.41) is 3.13. The summed E-state index contributed by atoms with van der Waals surface area (Å²) in [6.45, 7) is 7.45. The molecular weight excluding hydrogens is 328 g/mol. The van der Waals surface area contributed by atoms with Gasteiger partial charge in [-0.1, -0.05) is 32.3 Å². The Morgan fingerprint density at radius 1 is 1.19 bits per heavy atom. The summed E-state index contributed by atoms with van der Waals surface area (Å²) < 4.78 is 11.0. The number of likely N-dealkylation sites (N-methyl/N-ethyl adjacent to an activating group) is 1. The van der Waals surface area contributed by atoms with E-state index >= 15 is 0 Å². The van der Waals surface area contributed by atoms with E-state index < -0.39 is 0 Å². The molecule has 0 heterocycles. The van der Waals surface area contributed by atoms with Gasteiger partial charge in [-0.2, -0.15) is 0 Å². The van der Waals surface area contributed by atoms with Gasteiger partial charge < -0.3 is 14.8 Å². The van der Waals surface area contributed by atoms with E-state index in [1.807, 2.05) is 25.1 Å². The number of nitrogens with zero attached hydrogens (tertiary/aromatic N) is 1. The van der Waals surface area contributed by atoms with E-state index in [1.54, 1.807) is 7.11 Å². The van der Waals surface area contributed by atoms with Crippen LogP contribution in [0.3, 0.4) is 0 Å². The van der Waals surface area contributed by atoms with E-state index in [2.05, 4.69) is 17.1 Å². The molecular formula is C21H34N2O3. The third-order valence-electron chi connectivity index (χ3n) is 5.06. The quantitative estimate of drug-likeness (QED) is 0.691. The summed E-state index contributed by atoms with van der Waals surface area (Å²) in [7, 11) is 1.65. The fourth-order valence-corrected chi connectivity index (χ4v) is 3.53. The number of benzene rings is 1. The number of hydrogen-bond acceptors (Lipinski definition) is 4. The molecule has 146 valence electrons. The lowest BCUT2D eigenvalue weighted by molar-refractivity contribution is -0.122. The standard InChI is InChI=1S/C21H34N2O3/c1-4-23(16-21(24)22-14-17-9-7-6-8-10-17)15-18-11-12-19(26-5-2)20(13-18)25-3/h11-13,17H,4-10,14-16H2,1-3H3,(H,22,24). The Morgan fingerprint density at radius 3 is 2.62 bits per heavy atom. The molecule has 1 fully saturated rings. The lowest BCUT2D eigenvalue weighted by Crippen LogP contribution is -2.39. The Balaban J connectivity index is 1.84. The van der Waals surface area contributed by atoms with Gasteiger partial charge in [-0.3, -0.25) is 9.69 Å². The van der Waals surface area contributed by atoms with Crippen LogP contribution in [0.4, 0.5) is 0 Å². The smallest absolute Gasteiger partial charge is 0.234 e. The maximum atomic E-state index is 12.3. The van der Waals surface area contributed by atoms with E-state index in [9.17, 15) is 4.79 Å². The van der Waals surface area contributed by atoms with Crippen LogP contribution in [0.1, 0.15) is 51.5 Å². The molecule has 26 heavy (non-hydrogen) atoms. The van der Waals surface area contributed by atoms with Gasteiger partial charge in [0.25, 0.3) is 0 Å². The van der Waals surface area contributed by atoms with Gasteiger partial charge in [0, 0.05) is 13.1 Å². The van der Waals surface area contributed by atoms with Crippen LogP contribution in [0.15, 0.2) is 18.2 Å². The molecule has 1 aromatic carbocycles. The average molecular weight is 363 g/mol. The maximum Gasteiger partial charge on any atom is 0.234 e. The van der Waals surface area contributed by atoms with Gasteiger partial charge in [-0.25, -0.2) is 0 Å². The lowest BCUT2D eigenvalue weighted by atomic mass is 9.89. The molecule has 0 saturated heterocycles.